The molecule has 5 heteroatoms. The second-order valence-corrected chi connectivity index (χ2v) is 3.55. The lowest BCUT2D eigenvalue weighted by atomic mass is 10.5. The third kappa shape index (κ3) is 1.02. The third-order valence-electron chi connectivity index (χ3n) is 1.39. The van der Waals surface area contributed by atoms with Gasteiger partial charge in [0, 0.05) is 0 Å². The molecular formula is C6H6ClN3S. The largest absolute Gasteiger partial charge is 0.224 e. The number of aryl methyl sites for hydroxylation is 1. The van der Waals surface area contributed by atoms with Crippen LogP contribution in [0.2, 0.25) is 5.15 Å². The Morgan fingerprint density at radius 2 is 2.55 bits per heavy atom. The van der Waals surface area contributed by atoms with Crippen molar-refractivity contribution in [1.29, 1.82) is 0 Å². The van der Waals surface area contributed by atoms with Gasteiger partial charge in [0.15, 0.2) is 5.15 Å². The van der Waals surface area contributed by atoms with Gasteiger partial charge in [-0.25, -0.2) is 4.98 Å². The van der Waals surface area contributed by atoms with E-state index in [1.807, 2.05) is 0 Å². The molecule has 2 rings (SSSR count). The van der Waals surface area contributed by atoms with Crippen molar-refractivity contribution in [3.05, 3.63) is 16.4 Å². The van der Waals surface area contributed by atoms with Gasteiger partial charge in [-0.1, -0.05) is 29.9 Å². The molecule has 2 heterocycles. The number of hydrogen-bond acceptors (Lipinski definition) is 3. The Bertz CT molecular complexity index is 378. The molecule has 0 saturated carbocycles. The minimum atomic E-state index is 0.580. The summed E-state index contributed by atoms with van der Waals surface area (Å²) in [6, 6.07) is 0. The molecule has 0 radical (unpaired) electrons. The van der Waals surface area contributed by atoms with Crippen LogP contribution in [0.1, 0.15) is 11.9 Å². The standard InChI is InChI=1S/C6H6ClN3S/c1-2-5-9-10-4(7)3-8-6(10)11-5/h3H,2H2,1H3. The molecular weight excluding hydrogens is 182 g/mol. The number of rotatable bonds is 1. The Morgan fingerprint density at radius 1 is 1.73 bits per heavy atom. The Kier molecular flexibility index (Phi) is 1.58. The zero-order valence-corrected chi connectivity index (χ0v) is 7.48. The first-order chi connectivity index (χ1) is 5.31. The zero-order chi connectivity index (χ0) is 7.84. The first-order valence-electron chi connectivity index (χ1n) is 3.30. The highest BCUT2D eigenvalue weighted by atomic mass is 35.5. The lowest BCUT2D eigenvalue weighted by Crippen LogP contribution is -1.84. The van der Waals surface area contributed by atoms with Gasteiger partial charge in [-0.2, -0.15) is 9.61 Å². The minimum Gasteiger partial charge on any atom is -0.224 e. The molecule has 0 amide bonds. The highest BCUT2D eigenvalue weighted by Gasteiger charge is 2.05. The van der Waals surface area contributed by atoms with Crippen LogP contribution < -0.4 is 0 Å². The van der Waals surface area contributed by atoms with Crippen LogP contribution >= 0.6 is 22.9 Å². The topological polar surface area (TPSA) is 30.2 Å². The summed E-state index contributed by atoms with van der Waals surface area (Å²) in [5.74, 6) is 0. The van der Waals surface area contributed by atoms with Crippen LogP contribution in [0, 0.1) is 0 Å². The highest BCUT2D eigenvalue weighted by Crippen LogP contribution is 2.18. The van der Waals surface area contributed by atoms with E-state index in [0.717, 1.165) is 16.4 Å². The predicted octanol–water partition coefficient (Wildman–Crippen LogP) is 2.01. The lowest BCUT2D eigenvalue weighted by molar-refractivity contribution is 0.911. The van der Waals surface area contributed by atoms with Gasteiger partial charge in [-0.3, -0.25) is 0 Å². The monoisotopic (exact) mass is 187 g/mol. The molecule has 0 aliphatic carbocycles. The first kappa shape index (κ1) is 7.06. The van der Waals surface area contributed by atoms with Crippen LogP contribution in [0.4, 0.5) is 0 Å². The molecule has 0 fully saturated rings. The summed E-state index contributed by atoms with van der Waals surface area (Å²) < 4.78 is 1.66. The number of aromatic nitrogens is 3. The van der Waals surface area contributed by atoms with Crippen LogP contribution in [0.25, 0.3) is 4.96 Å². The van der Waals surface area contributed by atoms with Crippen molar-refractivity contribution in [2.75, 3.05) is 0 Å². The Balaban J connectivity index is 2.70. The van der Waals surface area contributed by atoms with E-state index >= 15 is 0 Å². The normalized spacial score (nSPS) is 11.1. The van der Waals surface area contributed by atoms with Crippen LogP contribution in [0.5, 0.6) is 0 Å². The lowest BCUT2D eigenvalue weighted by Gasteiger charge is -1.81. The molecule has 11 heavy (non-hydrogen) atoms. The van der Waals surface area contributed by atoms with Crippen molar-refractivity contribution in [2.45, 2.75) is 13.3 Å². The van der Waals surface area contributed by atoms with Crippen molar-refractivity contribution in [3.8, 4) is 0 Å². The summed E-state index contributed by atoms with van der Waals surface area (Å²) in [5, 5.41) is 5.88. The molecule has 0 aromatic carbocycles. The van der Waals surface area contributed by atoms with E-state index in [4.69, 9.17) is 11.6 Å². The maximum Gasteiger partial charge on any atom is 0.213 e. The quantitative estimate of drug-likeness (QED) is 0.684. The summed E-state index contributed by atoms with van der Waals surface area (Å²) in [6.07, 6.45) is 2.55. The molecule has 2 aromatic heterocycles. The van der Waals surface area contributed by atoms with E-state index in [-0.39, 0.29) is 0 Å². The average molecular weight is 188 g/mol. The molecule has 2 aromatic rings. The maximum absolute atomic E-state index is 5.79. The molecule has 0 spiro atoms. The number of imidazole rings is 1. The van der Waals surface area contributed by atoms with E-state index in [1.165, 1.54) is 0 Å². The third-order valence-corrected chi connectivity index (χ3v) is 2.71. The van der Waals surface area contributed by atoms with Gasteiger partial charge < -0.3 is 0 Å². The fraction of sp³-hybridized carbons (Fsp3) is 0.333. The molecule has 0 aliphatic heterocycles. The first-order valence-corrected chi connectivity index (χ1v) is 4.49. The summed E-state index contributed by atoms with van der Waals surface area (Å²) in [7, 11) is 0. The Labute approximate surface area is 72.6 Å². The highest BCUT2D eigenvalue weighted by molar-refractivity contribution is 7.16. The summed E-state index contributed by atoms with van der Waals surface area (Å²) >= 11 is 7.36. The van der Waals surface area contributed by atoms with Crippen LogP contribution in [-0.2, 0) is 6.42 Å². The molecule has 0 N–H and O–H groups in total. The fourth-order valence-corrected chi connectivity index (χ4v) is 1.87. The molecule has 0 saturated heterocycles. The second-order valence-electron chi connectivity index (χ2n) is 2.12. The average Bonchev–Trinajstić information content (AvgIpc) is 2.53. The Morgan fingerprint density at radius 3 is 3.18 bits per heavy atom. The van der Waals surface area contributed by atoms with Crippen molar-refractivity contribution in [1.82, 2.24) is 14.6 Å². The van der Waals surface area contributed by atoms with E-state index in [9.17, 15) is 0 Å². The molecule has 3 nitrogen and oxygen atoms in total. The van der Waals surface area contributed by atoms with Crippen molar-refractivity contribution in [2.24, 2.45) is 0 Å². The second kappa shape index (κ2) is 2.46. The number of hydrogen-bond donors (Lipinski definition) is 0. The van der Waals surface area contributed by atoms with Crippen LogP contribution in [0.3, 0.4) is 0 Å². The smallest absolute Gasteiger partial charge is 0.213 e. The van der Waals surface area contributed by atoms with Crippen LogP contribution in [-0.4, -0.2) is 14.6 Å². The molecule has 0 bridgehead atoms. The van der Waals surface area contributed by atoms with E-state index in [1.54, 1.807) is 22.0 Å². The molecule has 0 atom stereocenters. The van der Waals surface area contributed by atoms with Gasteiger partial charge in [0.1, 0.15) is 5.01 Å². The van der Waals surface area contributed by atoms with Crippen molar-refractivity contribution >= 4 is 27.9 Å². The predicted molar refractivity (Wildman–Crippen MR) is 45.3 cm³/mol. The van der Waals surface area contributed by atoms with Gasteiger partial charge in [0.25, 0.3) is 0 Å². The van der Waals surface area contributed by atoms with Gasteiger partial charge in [-0.05, 0) is 6.42 Å². The molecule has 0 unspecified atom stereocenters. The summed E-state index contributed by atoms with van der Waals surface area (Å²) in [5.41, 5.74) is 0. The summed E-state index contributed by atoms with van der Waals surface area (Å²) in [6.45, 7) is 2.06. The Hall–Kier alpha value is -0.610. The SMILES string of the molecule is CCc1nn2c(Cl)cnc2s1. The van der Waals surface area contributed by atoms with E-state index in [0.29, 0.717) is 5.15 Å². The van der Waals surface area contributed by atoms with Crippen molar-refractivity contribution < 1.29 is 0 Å². The zero-order valence-electron chi connectivity index (χ0n) is 5.91. The fourth-order valence-electron chi connectivity index (χ4n) is 0.850. The van der Waals surface area contributed by atoms with Crippen LogP contribution in [0.15, 0.2) is 6.20 Å². The minimum absolute atomic E-state index is 0.580. The van der Waals surface area contributed by atoms with Gasteiger partial charge in [0.2, 0.25) is 4.96 Å². The molecule has 0 aliphatic rings. The van der Waals surface area contributed by atoms with Crippen molar-refractivity contribution in [3.63, 3.8) is 0 Å². The number of halogens is 1. The van der Waals surface area contributed by atoms with Gasteiger partial charge in [-0.15, -0.1) is 0 Å². The number of nitrogens with zero attached hydrogens (tertiary/aromatic N) is 3. The molecule has 58 valence electrons. The summed E-state index contributed by atoms with van der Waals surface area (Å²) in [4.78, 5) is 4.94. The van der Waals surface area contributed by atoms with E-state index in [2.05, 4.69) is 17.0 Å². The van der Waals surface area contributed by atoms with Gasteiger partial charge in [0.05, 0.1) is 6.20 Å². The van der Waals surface area contributed by atoms with E-state index < -0.39 is 0 Å². The number of fused-ring (bicyclic) bond motifs is 1. The maximum atomic E-state index is 5.79. The van der Waals surface area contributed by atoms with Gasteiger partial charge >= 0.3 is 0 Å².